The summed E-state index contributed by atoms with van der Waals surface area (Å²) in [7, 11) is 0. The summed E-state index contributed by atoms with van der Waals surface area (Å²) in [5.74, 6) is 0. The maximum Gasteiger partial charge on any atom is 0.416 e. The number of nitrogens with one attached hydrogen (secondary N) is 1. The molecule has 108 valence electrons. The lowest BCUT2D eigenvalue weighted by Gasteiger charge is -2.09. The molecule has 1 aromatic heterocycles. The number of rotatable bonds is 2. The highest BCUT2D eigenvalue weighted by molar-refractivity contribution is 8.14. The number of halogens is 3. The second kappa shape index (κ2) is 5.40. The minimum atomic E-state index is -4.32. The van der Waals surface area contributed by atoms with Gasteiger partial charge in [-0.15, -0.1) is 0 Å². The van der Waals surface area contributed by atoms with Crippen molar-refractivity contribution in [1.82, 2.24) is 10.4 Å². The molecule has 3 nitrogen and oxygen atoms in total. The fourth-order valence-corrected chi connectivity index (χ4v) is 2.87. The molecule has 1 aliphatic rings. The van der Waals surface area contributed by atoms with Crippen LogP contribution in [-0.4, -0.2) is 10.0 Å². The fraction of sp³-hybridized carbons (Fsp3) is 0.143. The summed E-state index contributed by atoms with van der Waals surface area (Å²) in [4.78, 5) is 4.04. The van der Waals surface area contributed by atoms with Crippen LogP contribution in [0.15, 0.2) is 53.9 Å². The van der Waals surface area contributed by atoms with E-state index in [0.717, 1.165) is 17.7 Å². The first-order valence-electron chi connectivity index (χ1n) is 6.11. The molecule has 0 saturated carbocycles. The number of hydrazone groups is 1. The summed E-state index contributed by atoms with van der Waals surface area (Å²) in [6, 6.07) is 8.74. The van der Waals surface area contributed by atoms with Gasteiger partial charge in [-0.05, 0) is 18.2 Å². The Balaban J connectivity index is 1.74. The number of hydrogen-bond donors (Lipinski definition) is 1. The molecule has 0 radical (unpaired) electrons. The van der Waals surface area contributed by atoms with Crippen molar-refractivity contribution in [2.24, 2.45) is 5.10 Å². The lowest BCUT2D eigenvalue weighted by Crippen LogP contribution is -2.06. The molecule has 1 aliphatic heterocycles. The quantitative estimate of drug-likeness (QED) is 0.917. The molecule has 1 atom stereocenters. The molecule has 0 amide bonds. The third kappa shape index (κ3) is 3.02. The zero-order chi connectivity index (χ0) is 14.9. The highest BCUT2D eigenvalue weighted by Gasteiger charge is 2.30. The van der Waals surface area contributed by atoms with Gasteiger partial charge in [0.15, 0.2) is 0 Å². The van der Waals surface area contributed by atoms with Crippen LogP contribution in [0.3, 0.4) is 0 Å². The maximum absolute atomic E-state index is 12.5. The van der Waals surface area contributed by atoms with Crippen LogP contribution in [0.1, 0.15) is 22.1 Å². The molecule has 0 spiro atoms. The van der Waals surface area contributed by atoms with Gasteiger partial charge in [-0.2, -0.15) is 18.3 Å². The van der Waals surface area contributed by atoms with Crippen LogP contribution in [-0.2, 0) is 6.18 Å². The number of aromatic nitrogens is 1. The number of pyridine rings is 1. The third-order valence-corrected chi connectivity index (χ3v) is 4.12. The smallest absolute Gasteiger partial charge is 0.291 e. The van der Waals surface area contributed by atoms with Crippen LogP contribution in [0.5, 0.6) is 0 Å². The van der Waals surface area contributed by atoms with E-state index in [9.17, 15) is 13.2 Å². The second-order valence-corrected chi connectivity index (χ2v) is 5.50. The fourth-order valence-electron chi connectivity index (χ4n) is 1.89. The number of alkyl halides is 3. The second-order valence-electron chi connectivity index (χ2n) is 4.41. The van der Waals surface area contributed by atoms with Crippen molar-refractivity contribution in [2.45, 2.75) is 11.6 Å². The van der Waals surface area contributed by atoms with Crippen molar-refractivity contribution in [3.63, 3.8) is 0 Å². The molecule has 0 bridgehead atoms. The number of thioether (sulfide) groups is 1. The first kappa shape index (κ1) is 13.9. The first-order valence-corrected chi connectivity index (χ1v) is 6.99. The monoisotopic (exact) mass is 309 g/mol. The van der Waals surface area contributed by atoms with E-state index in [1.807, 2.05) is 12.1 Å². The highest BCUT2D eigenvalue weighted by Crippen LogP contribution is 2.35. The van der Waals surface area contributed by atoms with Gasteiger partial charge >= 0.3 is 6.18 Å². The Labute approximate surface area is 123 Å². The van der Waals surface area contributed by atoms with Gasteiger partial charge in [0.05, 0.1) is 5.56 Å². The lowest BCUT2D eigenvalue weighted by atomic mass is 10.1. The van der Waals surface area contributed by atoms with Crippen LogP contribution in [0.2, 0.25) is 0 Å². The normalized spacial score (nSPS) is 18.2. The zero-order valence-electron chi connectivity index (χ0n) is 10.6. The topological polar surface area (TPSA) is 37.3 Å². The Morgan fingerprint density at radius 2 is 1.86 bits per heavy atom. The van der Waals surface area contributed by atoms with E-state index in [0.29, 0.717) is 10.6 Å². The van der Waals surface area contributed by atoms with Gasteiger partial charge < -0.3 is 0 Å². The van der Waals surface area contributed by atoms with E-state index in [2.05, 4.69) is 15.5 Å². The Kier molecular flexibility index (Phi) is 3.59. The van der Waals surface area contributed by atoms with Crippen LogP contribution in [0.4, 0.5) is 13.2 Å². The Bertz CT molecular complexity index is 653. The molecule has 1 unspecified atom stereocenters. The van der Waals surface area contributed by atoms with Crippen molar-refractivity contribution >= 4 is 16.8 Å². The maximum atomic E-state index is 12.5. The van der Waals surface area contributed by atoms with Gasteiger partial charge in [0.25, 0.3) is 0 Å². The standard InChI is InChI=1S/C14H10F3N3S/c15-14(16,17)11-5-3-9(4-6-11)12-19-20-13(21-12)10-2-1-7-18-8-10/h1-8,13,20H. The van der Waals surface area contributed by atoms with Crippen molar-refractivity contribution in [1.29, 1.82) is 0 Å². The predicted molar refractivity (Wildman–Crippen MR) is 75.7 cm³/mol. The molecular weight excluding hydrogens is 299 g/mol. The van der Waals surface area contributed by atoms with Crippen molar-refractivity contribution in [2.75, 3.05) is 0 Å². The van der Waals surface area contributed by atoms with E-state index in [-0.39, 0.29) is 5.37 Å². The summed E-state index contributed by atoms with van der Waals surface area (Å²) < 4.78 is 37.6. The summed E-state index contributed by atoms with van der Waals surface area (Å²) in [5.41, 5.74) is 3.92. The van der Waals surface area contributed by atoms with E-state index < -0.39 is 11.7 Å². The summed E-state index contributed by atoms with van der Waals surface area (Å²) in [5, 5.41) is 4.77. The minimum Gasteiger partial charge on any atom is -0.291 e. The lowest BCUT2D eigenvalue weighted by molar-refractivity contribution is -0.137. The van der Waals surface area contributed by atoms with Crippen LogP contribution in [0, 0.1) is 0 Å². The molecule has 2 aromatic rings. The first-order chi connectivity index (χ1) is 10.0. The van der Waals surface area contributed by atoms with Crippen molar-refractivity contribution in [3.8, 4) is 0 Å². The van der Waals surface area contributed by atoms with Crippen LogP contribution in [0.25, 0.3) is 0 Å². The Hall–Kier alpha value is -2.02. The van der Waals surface area contributed by atoms with Crippen LogP contribution < -0.4 is 5.43 Å². The summed E-state index contributed by atoms with van der Waals surface area (Å²) >= 11 is 1.45. The number of hydrogen-bond acceptors (Lipinski definition) is 4. The SMILES string of the molecule is FC(F)(F)c1ccc(C2=NNC(c3cccnc3)S2)cc1. The third-order valence-electron chi connectivity index (χ3n) is 2.96. The average Bonchev–Trinajstić information content (AvgIpc) is 2.97. The van der Waals surface area contributed by atoms with E-state index in [4.69, 9.17) is 0 Å². The molecule has 21 heavy (non-hydrogen) atoms. The summed E-state index contributed by atoms with van der Waals surface area (Å²) in [6.45, 7) is 0. The van der Waals surface area contributed by atoms with Crippen LogP contribution >= 0.6 is 11.8 Å². The van der Waals surface area contributed by atoms with Gasteiger partial charge in [-0.25, -0.2) is 0 Å². The minimum absolute atomic E-state index is 0.0732. The summed E-state index contributed by atoms with van der Waals surface area (Å²) in [6.07, 6.45) is -0.906. The largest absolute Gasteiger partial charge is 0.416 e. The Morgan fingerprint density at radius 3 is 2.48 bits per heavy atom. The van der Waals surface area contributed by atoms with E-state index >= 15 is 0 Å². The molecule has 1 N–H and O–H groups in total. The average molecular weight is 309 g/mol. The molecule has 1 aromatic carbocycles. The predicted octanol–water partition coefficient (Wildman–Crippen LogP) is 3.80. The molecule has 0 fully saturated rings. The molecule has 0 aliphatic carbocycles. The molecule has 2 heterocycles. The van der Waals surface area contributed by atoms with Gasteiger partial charge in [0.1, 0.15) is 10.4 Å². The molecule has 0 saturated heterocycles. The molecular formula is C14H10F3N3S. The van der Waals surface area contributed by atoms with Gasteiger partial charge in [0, 0.05) is 23.5 Å². The van der Waals surface area contributed by atoms with Gasteiger partial charge in [-0.1, -0.05) is 30.0 Å². The molecule has 7 heteroatoms. The zero-order valence-corrected chi connectivity index (χ0v) is 11.4. The van der Waals surface area contributed by atoms with E-state index in [1.54, 1.807) is 12.4 Å². The highest BCUT2D eigenvalue weighted by atomic mass is 32.2. The van der Waals surface area contributed by atoms with Gasteiger partial charge in [0.2, 0.25) is 0 Å². The number of benzene rings is 1. The molecule has 3 rings (SSSR count). The number of nitrogens with zero attached hydrogens (tertiary/aromatic N) is 2. The van der Waals surface area contributed by atoms with Crippen molar-refractivity contribution in [3.05, 3.63) is 65.5 Å². The Morgan fingerprint density at radius 1 is 1.10 bits per heavy atom. The van der Waals surface area contributed by atoms with Gasteiger partial charge in [-0.3, -0.25) is 10.4 Å². The van der Waals surface area contributed by atoms with Crippen molar-refractivity contribution < 1.29 is 13.2 Å². The van der Waals surface area contributed by atoms with E-state index in [1.165, 1.54) is 23.9 Å².